The third kappa shape index (κ3) is 2.11. The molecule has 1 aromatic carbocycles. The average molecular weight is 319 g/mol. The fourth-order valence-corrected chi connectivity index (χ4v) is 3.63. The normalized spacial score (nSPS) is 24.5. The number of hydrogen-bond donors (Lipinski definition) is 1. The third-order valence-corrected chi connectivity index (χ3v) is 4.99. The number of piperidine rings is 1. The number of nitrogens with one attached hydrogen (secondary N) is 1. The van der Waals surface area contributed by atoms with Crippen molar-refractivity contribution in [3.05, 3.63) is 33.8 Å². The lowest BCUT2D eigenvalue weighted by Gasteiger charge is -2.29. The molecule has 114 valence electrons. The van der Waals surface area contributed by atoms with Crippen LogP contribution in [0.25, 0.3) is 0 Å². The van der Waals surface area contributed by atoms with Crippen LogP contribution < -0.4 is 5.32 Å². The Morgan fingerprint density at radius 1 is 1.14 bits per heavy atom. The van der Waals surface area contributed by atoms with Crippen molar-refractivity contribution in [3.8, 4) is 0 Å². The van der Waals surface area contributed by atoms with E-state index in [1.165, 1.54) is 0 Å². The predicted octanol–water partition coefficient (Wildman–Crippen LogP) is 1.98. The Bertz CT molecular complexity index is 712. The molecule has 2 aliphatic heterocycles. The van der Waals surface area contributed by atoms with Crippen LogP contribution >= 0.6 is 11.6 Å². The molecule has 3 amide bonds. The maximum Gasteiger partial charge on any atom is 0.255 e. The standard InChI is InChI=1S/C16H15ClN2O3/c17-12-6-11-9(5-10(12)8-1-2-8)7-19(16(11)22)13-3-4-14(20)18-15(13)21/h5-6,8,13H,1-4,7H2,(H,18,20,21). The quantitative estimate of drug-likeness (QED) is 0.848. The lowest BCUT2D eigenvalue weighted by atomic mass is 10.0. The Morgan fingerprint density at radius 2 is 1.91 bits per heavy atom. The van der Waals surface area contributed by atoms with Crippen LogP contribution in [0.15, 0.2) is 12.1 Å². The van der Waals surface area contributed by atoms with Crippen LogP contribution in [-0.2, 0) is 16.1 Å². The monoisotopic (exact) mass is 318 g/mol. The lowest BCUT2D eigenvalue weighted by Crippen LogP contribution is -2.52. The zero-order valence-corrected chi connectivity index (χ0v) is 12.7. The molecule has 1 saturated carbocycles. The van der Waals surface area contributed by atoms with Gasteiger partial charge in [0.15, 0.2) is 0 Å². The van der Waals surface area contributed by atoms with E-state index in [2.05, 4.69) is 5.32 Å². The number of carbonyl (C=O) groups excluding carboxylic acids is 3. The second kappa shape index (κ2) is 4.81. The number of amides is 3. The van der Waals surface area contributed by atoms with Crippen molar-refractivity contribution in [1.82, 2.24) is 10.2 Å². The average Bonchev–Trinajstić information content (AvgIpc) is 3.26. The minimum atomic E-state index is -0.569. The molecule has 3 aliphatic rings. The largest absolute Gasteiger partial charge is 0.322 e. The van der Waals surface area contributed by atoms with Gasteiger partial charge in [-0.1, -0.05) is 17.7 Å². The van der Waals surface area contributed by atoms with E-state index in [0.29, 0.717) is 29.5 Å². The van der Waals surface area contributed by atoms with Crippen LogP contribution in [0, 0.1) is 0 Å². The minimum absolute atomic E-state index is 0.172. The van der Waals surface area contributed by atoms with Crippen molar-refractivity contribution >= 4 is 29.3 Å². The van der Waals surface area contributed by atoms with E-state index in [-0.39, 0.29) is 24.1 Å². The summed E-state index contributed by atoms with van der Waals surface area (Å²) < 4.78 is 0. The molecule has 0 bridgehead atoms. The summed E-state index contributed by atoms with van der Waals surface area (Å²) in [5, 5.41) is 2.95. The highest BCUT2D eigenvalue weighted by atomic mass is 35.5. The van der Waals surface area contributed by atoms with E-state index in [4.69, 9.17) is 11.6 Å². The fourth-order valence-electron chi connectivity index (χ4n) is 3.32. The molecule has 1 aliphatic carbocycles. The Hall–Kier alpha value is -1.88. The number of carbonyl (C=O) groups is 3. The van der Waals surface area contributed by atoms with Gasteiger partial charge in [-0.2, -0.15) is 0 Å². The number of benzene rings is 1. The third-order valence-electron chi connectivity index (χ3n) is 4.66. The molecule has 1 aromatic rings. The van der Waals surface area contributed by atoms with Crippen molar-refractivity contribution in [2.24, 2.45) is 0 Å². The first-order valence-corrected chi connectivity index (χ1v) is 7.89. The molecule has 0 radical (unpaired) electrons. The molecule has 22 heavy (non-hydrogen) atoms. The van der Waals surface area contributed by atoms with E-state index in [9.17, 15) is 14.4 Å². The summed E-state index contributed by atoms with van der Waals surface area (Å²) in [4.78, 5) is 37.4. The molecule has 6 heteroatoms. The Labute approximate surface area is 132 Å². The number of rotatable bonds is 2. The molecule has 4 rings (SSSR count). The second-order valence-corrected chi connectivity index (χ2v) is 6.61. The highest BCUT2D eigenvalue weighted by molar-refractivity contribution is 6.32. The van der Waals surface area contributed by atoms with Gasteiger partial charge in [0.1, 0.15) is 6.04 Å². The Kier molecular flexibility index (Phi) is 3.01. The summed E-state index contributed by atoms with van der Waals surface area (Å²) in [7, 11) is 0. The molecule has 5 nitrogen and oxygen atoms in total. The number of imide groups is 1. The number of fused-ring (bicyclic) bond motifs is 1. The summed E-state index contributed by atoms with van der Waals surface area (Å²) in [6, 6.07) is 3.18. The zero-order valence-electron chi connectivity index (χ0n) is 11.9. The van der Waals surface area contributed by atoms with Crippen LogP contribution in [0.4, 0.5) is 0 Å². The summed E-state index contributed by atoms with van der Waals surface area (Å²) in [6.07, 6.45) is 2.94. The molecule has 2 fully saturated rings. The first kappa shape index (κ1) is 13.8. The Morgan fingerprint density at radius 3 is 2.59 bits per heavy atom. The summed E-state index contributed by atoms with van der Waals surface area (Å²) in [6.45, 7) is 0.414. The van der Waals surface area contributed by atoms with Gasteiger partial charge in [-0.3, -0.25) is 19.7 Å². The summed E-state index contributed by atoms with van der Waals surface area (Å²) >= 11 is 6.29. The minimum Gasteiger partial charge on any atom is -0.322 e. The van der Waals surface area contributed by atoms with Crippen LogP contribution in [-0.4, -0.2) is 28.7 Å². The maximum absolute atomic E-state index is 12.6. The van der Waals surface area contributed by atoms with Gasteiger partial charge < -0.3 is 4.90 Å². The molecule has 1 atom stereocenters. The van der Waals surface area contributed by atoms with Gasteiger partial charge in [-0.05, 0) is 42.4 Å². The maximum atomic E-state index is 12.6. The summed E-state index contributed by atoms with van der Waals surface area (Å²) in [5.41, 5.74) is 2.62. The van der Waals surface area contributed by atoms with Gasteiger partial charge in [0.25, 0.3) is 5.91 Å². The van der Waals surface area contributed by atoms with Crippen LogP contribution in [0.3, 0.4) is 0 Å². The van der Waals surface area contributed by atoms with Crippen LogP contribution in [0.2, 0.25) is 5.02 Å². The van der Waals surface area contributed by atoms with Gasteiger partial charge in [0.05, 0.1) is 0 Å². The number of halogens is 1. The van der Waals surface area contributed by atoms with Crippen molar-refractivity contribution in [2.45, 2.75) is 44.2 Å². The van der Waals surface area contributed by atoms with Gasteiger partial charge in [-0.25, -0.2) is 0 Å². The van der Waals surface area contributed by atoms with E-state index >= 15 is 0 Å². The number of nitrogens with zero attached hydrogens (tertiary/aromatic N) is 1. The Balaban J connectivity index is 1.64. The molecular formula is C16H15ClN2O3. The van der Waals surface area contributed by atoms with Crippen LogP contribution in [0.1, 0.15) is 53.1 Å². The van der Waals surface area contributed by atoms with Crippen molar-refractivity contribution in [3.63, 3.8) is 0 Å². The van der Waals surface area contributed by atoms with Crippen LogP contribution in [0.5, 0.6) is 0 Å². The highest BCUT2D eigenvalue weighted by Gasteiger charge is 2.40. The van der Waals surface area contributed by atoms with E-state index < -0.39 is 6.04 Å². The second-order valence-electron chi connectivity index (χ2n) is 6.21. The van der Waals surface area contributed by atoms with E-state index in [1.54, 1.807) is 11.0 Å². The van der Waals surface area contributed by atoms with Gasteiger partial charge in [0, 0.05) is 23.6 Å². The van der Waals surface area contributed by atoms with Gasteiger partial charge >= 0.3 is 0 Å². The molecule has 0 aromatic heterocycles. The SMILES string of the molecule is O=C1CCC(N2Cc3cc(C4CC4)c(Cl)cc3C2=O)C(=O)N1. The molecule has 1 unspecified atom stereocenters. The van der Waals surface area contributed by atoms with Crippen molar-refractivity contribution < 1.29 is 14.4 Å². The molecule has 2 heterocycles. The molecule has 0 spiro atoms. The first-order chi connectivity index (χ1) is 10.5. The highest BCUT2D eigenvalue weighted by Crippen LogP contribution is 2.45. The molecule has 1 N–H and O–H groups in total. The smallest absolute Gasteiger partial charge is 0.255 e. The van der Waals surface area contributed by atoms with Crippen molar-refractivity contribution in [2.75, 3.05) is 0 Å². The van der Waals surface area contributed by atoms with E-state index in [0.717, 1.165) is 24.0 Å². The molecular weight excluding hydrogens is 304 g/mol. The first-order valence-electron chi connectivity index (χ1n) is 7.51. The van der Waals surface area contributed by atoms with Gasteiger partial charge in [0.2, 0.25) is 11.8 Å². The zero-order chi connectivity index (χ0) is 15.4. The van der Waals surface area contributed by atoms with E-state index in [1.807, 2.05) is 6.07 Å². The predicted molar refractivity (Wildman–Crippen MR) is 79.5 cm³/mol. The van der Waals surface area contributed by atoms with Gasteiger partial charge in [-0.15, -0.1) is 0 Å². The molecule has 1 saturated heterocycles. The topological polar surface area (TPSA) is 66.5 Å². The summed E-state index contributed by atoms with van der Waals surface area (Å²) in [5.74, 6) is -0.318. The lowest BCUT2D eigenvalue weighted by molar-refractivity contribution is -0.136. The van der Waals surface area contributed by atoms with Crippen molar-refractivity contribution in [1.29, 1.82) is 0 Å². The fraction of sp³-hybridized carbons (Fsp3) is 0.438. The number of hydrogen-bond acceptors (Lipinski definition) is 3.